The van der Waals surface area contributed by atoms with Crippen molar-refractivity contribution in [1.29, 1.82) is 0 Å². The number of furan rings is 1. The van der Waals surface area contributed by atoms with Crippen molar-refractivity contribution in [1.82, 2.24) is 4.98 Å². The van der Waals surface area contributed by atoms with Gasteiger partial charge >= 0.3 is 0 Å². The van der Waals surface area contributed by atoms with Crippen molar-refractivity contribution in [3.8, 4) is 11.3 Å². The molecule has 4 nitrogen and oxygen atoms in total. The Morgan fingerprint density at radius 1 is 1.17 bits per heavy atom. The first-order chi connectivity index (χ1) is 11.5. The Hall–Kier alpha value is -1.82. The molecule has 3 aromatic rings. The van der Waals surface area contributed by atoms with Gasteiger partial charge in [-0.15, -0.1) is 0 Å². The predicted molar refractivity (Wildman–Crippen MR) is 98.8 cm³/mol. The van der Waals surface area contributed by atoms with Gasteiger partial charge in [0.05, 0.1) is 15.7 Å². The van der Waals surface area contributed by atoms with Crippen LogP contribution in [0.25, 0.3) is 11.3 Å². The van der Waals surface area contributed by atoms with E-state index >= 15 is 0 Å². The average molecular weight is 426 g/mol. The molecular formula is C17H11BrCl2N2O2. The highest BCUT2D eigenvalue weighted by Crippen LogP contribution is 2.34. The third-order valence-electron chi connectivity index (χ3n) is 3.31. The molecule has 3 rings (SSSR count). The van der Waals surface area contributed by atoms with Crippen LogP contribution < -0.4 is 5.32 Å². The van der Waals surface area contributed by atoms with Crippen molar-refractivity contribution in [3.05, 3.63) is 68.4 Å². The van der Waals surface area contributed by atoms with Crippen molar-refractivity contribution < 1.29 is 9.21 Å². The van der Waals surface area contributed by atoms with Crippen LogP contribution >= 0.6 is 39.1 Å². The van der Waals surface area contributed by atoms with E-state index in [1.54, 1.807) is 36.4 Å². The van der Waals surface area contributed by atoms with Gasteiger partial charge in [0.25, 0.3) is 5.91 Å². The van der Waals surface area contributed by atoms with Gasteiger partial charge in [-0.2, -0.15) is 0 Å². The normalized spacial score (nSPS) is 10.7. The first kappa shape index (κ1) is 17.0. The smallest absolute Gasteiger partial charge is 0.292 e. The third kappa shape index (κ3) is 3.48. The number of aryl methyl sites for hydroxylation is 1. The maximum absolute atomic E-state index is 12.3. The van der Waals surface area contributed by atoms with Gasteiger partial charge in [0.15, 0.2) is 5.76 Å². The van der Waals surface area contributed by atoms with Crippen molar-refractivity contribution in [3.63, 3.8) is 0 Å². The summed E-state index contributed by atoms with van der Waals surface area (Å²) in [5, 5.41) is 3.50. The van der Waals surface area contributed by atoms with Crippen LogP contribution in [0.1, 0.15) is 16.2 Å². The molecule has 0 aliphatic heterocycles. The van der Waals surface area contributed by atoms with Gasteiger partial charge in [0, 0.05) is 10.0 Å². The monoisotopic (exact) mass is 424 g/mol. The number of halogens is 3. The molecule has 24 heavy (non-hydrogen) atoms. The topological polar surface area (TPSA) is 55.1 Å². The van der Waals surface area contributed by atoms with Gasteiger partial charge in [0.2, 0.25) is 0 Å². The number of hydrogen-bond donors (Lipinski definition) is 1. The summed E-state index contributed by atoms with van der Waals surface area (Å²) in [5.74, 6) is 0.670. The number of benzene rings is 1. The zero-order chi connectivity index (χ0) is 17.3. The minimum Gasteiger partial charge on any atom is -0.451 e. The molecule has 122 valence electrons. The van der Waals surface area contributed by atoms with E-state index in [0.29, 0.717) is 27.2 Å². The number of nitrogens with zero attached hydrogens (tertiary/aromatic N) is 1. The number of carbonyl (C=O) groups excluding carboxylic acids is 1. The summed E-state index contributed by atoms with van der Waals surface area (Å²) >= 11 is 15.5. The zero-order valence-electron chi connectivity index (χ0n) is 12.4. The minimum absolute atomic E-state index is 0.156. The third-order valence-corrected chi connectivity index (χ3v) is 4.97. The lowest BCUT2D eigenvalue weighted by molar-refractivity contribution is 0.0997. The molecule has 1 aromatic carbocycles. The molecule has 0 radical (unpaired) electrons. The van der Waals surface area contributed by atoms with E-state index in [-0.39, 0.29) is 5.76 Å². The molecule has 0 unspecified atom stereocenters. The summed E-state index contributed by atoms with van der Waals surface area (Å²) in [6, 6.07) is 12.0. The van der Waals surface area contributed by atoms with E-state index in [9.17, 15) is 4.79 Å². The van der Waals surface area contributed by atoms with E-state index in [0.717, 1.165) is 10.2 Å². The lowest BCUT2D eigenvalue weighted by Gasteiger charge is -2.05. The van der Waals surface area contributed by atoms with Crippen molar-refractivity contribution >= 4 is 50.9 Å². The number of rotatable bonds is 3. The number of hydrogen-bond acceptors (Lipinski definition) is 3. The van der Waals surface area contributed by atoms with Crippen molar-refractivity contribution in [2.75, 3.05) is 5.32 Å². The molecule has 0 saturated heterocycles. The fourth-order valence-corrected chi connectivity index (χ4v) is 2.70. The Balaban J connectivity index is 1.83. The number of amides is 1. The van der Waals surface area contributed by atoms with E-state index < -0.39 is 5.91 Å². The van der Waals surface area contributed by atoms with Gasteiger partial charge < -0.3 is 9.73 Å². The highest BCUT2D eigenvalue weighted by Gasteiger charge is 2.15. The predicted octanol–water partition coefficient (Wildman–Crippen LogP) is 5.97. The summed E-state index contributed by atoms with van der Waals surface area (Å²) in [5.41, 5.74) is 1.40. The molecular weight excluding hydrogens is 415 g/mol. The molecule has 7 heteroatoms. The zero-order valence-corrected chi connectivity index (χ0v) is 15.5. The van der Waals surface area contributed by atoms with Crippen LogP contribution in [0.15, 0.2) is 51.4 Å². The van der Waals surface area contributed by atoms with Crippen LogP contribution in [0.2, 0.25) is 10.0 Å². The van der Waals surface area contributed by atoms with Gasteiger partial charge in [0.1, 0.15) is 11.6 Å². The maximum Gasteiger partial charge on any atom is 0.292 e. The van der Waals surface area contributed by atoms with E-state index in [1.165, 1.54) is 0 Å². The lowest BCUT2D eigenvalue weighted by atomic mass is 10.2. The standard InChI is InChI=1S/C17H11BrCl2N2O2/c1-9-11(18)5-8-15(21-9)22-17(23)14-7-6-13(24-14)10-3-2-4-12(19)16(10)20/h2-8H,1H3,(H,21,22,23). The van der Waals surface area contributed by atoms with E-state index in [1.807, 2.05) is 13.0 Å². The fraction of sp³-hybridized carbons (Fsp3) is 0.0588. The second-order valence-corrected chi connectivity index (χ2v) is 6.62. The summed E-state index contributed by atoms with van der Waals surface area (Å²) in [6.45, 7) is 1.84. The van der Waals surface area contributed by atoms with Crippen LogP contribution in [0.5, 0.6) is 0 Å². The van der Waals surface area contributed by atoms with Gasteiger partial charge in [-0.1, -0.05) is 29.3 Å². The van der Waals surface area contributed by atoms with Crippen molar-refractivity contribution in [2.24, 2.45) is 0 Å². The lowest BCUT2D eigenvalue weighted by Crippen LogP contribution is -2.12. The van der Waals surface area contributed by atoms with Crippen LogP contribution in [-0.2, 0) is 0 Å². The Bertz CT molecular complexity index is 925. The van der Waals surface area contributed by atoms with Crippen LogP contribution in [-0.4, -0.2) is 10.9 Å². The Morgan fingerprint density at radius 2 is 1.96 bits per heavy atom. The second kappa shape index (κ2) is 6.97. The second-order valence-electron chi connectivity index (χ2n) is 4.98. The quantitative estimate of drug-likeness (QED) is 0.562. The number of nitrogens with one attached hydrogen (secondary N) is 1. The largest absolute Gasteiger partial charge is 0.451 e. The molecule has 0 fully saturated rings. The molecule has 0 saturated carbocycles. The highest BCUT2D eigenvalue weighted by molar-refractivity contribution is 9.10. The van der Waals surface area contributed by atoms with E-state index in [2.05, 4.69) is 26.2 Å². The molecule has 2 heterocycles. The number of anilines is 1. The summed E-state index contributed by atoms with van der Waals surface area (Å²) < 4.78 is 6.47. The molecule has 0 aliphatic carbocycles. The molecule has 0 aliphatic rings. The first-order valence-electron chi connectivity index (χ1n) is 6.94. The van der Waals surface area contributed by atoms with Crippen LogP contribution in [0, 0.1) is 6.92 Å². The van der Waals surface area contributed by atoms with Crippen LogP contribution in [0.4, 0.5) is 5.82 Å². The molecule has 1 amide bonds. The average Bonchev–Trinajstić information content (AvgIpc) is 3.03. The van der Waals surface area contributed by atoms with Crippen molar-refractivity contribution in [2.45, 2.75) is 6.92 Å². The van der Waals surface area contributed by atoms with Gasteiger partial charge in [-0.05, 0) is 59.3 Å². The Labute approximate surface area is 156 Å². The summed E-state index contributed by atoms with van der Waals surface area (Å²) in [7, 11) is 0. The van der Waals surface area contributed by atoms with E-state index in [4.69, 9.17) is 27.6 Å². The Morgan fingerprint density at radius 3 is 2.71 bits per heavy atom. The summed E-state index contributed by atoms with van der Waals surface area (Å²) in [6.07, 6.45) is 0. The maximum atomic E-state index is 12.3. The fourth-order valence-electron chi connectivity index (χ4n) is 2.09. The molecule has 2 aromatic heterocycles. The number of carbonyl (C=O) groups is 1. The Kier molecular flexibility index (Phi) is 4.94. The van der Waals surface area contributed by atoms with Gasteiger partial charge in [-0.3, -0.25) is 4.79 Å². The molecule has 0 spiro atoms. The SMILES string of the molecule is Cc1nc(NC(=O)c2ccc(-c3cccc(Cl)c3Cl)o2)ccc1Br. The number of aromatic nitrogens is 1. The van der Waals surface area contributed by atoms with Gasteiger partial charge in [-0.25, -0.2) is 4.98 Å². The first-order valence-corrected chi connectivity index (χ1v) is 8.49. The molecule has 0 atom stereocenters. The highest BCUT2D eigenvalue weighted by atomic mass is 79.9. The van der Waals surface area contributed by atoms with Crippen LogP contribution in [0.3, 0.4) is 0 Å². The minimum atomic E-state index is -0.395. The molecule has 1 N–H and O–H groups in total. The number of pyridine rings is 1. The molecule has 0 bridgehead atoms. The summed E-state index contributed by atoms with van der Waals surface area (Å²) in [4.78, 5) is 16.6.